The molecule has 0 aliphatic heterocycles. The summed E-state index contributed by atoms with van der Waals surface area (Å²) in [5.74, 6) is 1.38. The number of rotatable bonds is 3. The van der Waals surface area contributed by atoms with Crippen molar-refractivity contribution in [2.24, 2.45) is 17.8 Å². The highest BCUT2D eigenvalue weighted by molar-refractivity contribution is 4.93. The lowest BCUT2D eigenvalue weighted by Crippen LogP contribution is -2.25. The van der Waals surface area contributed by atoms with Crippen molar-refractivity contribution >= 4 is 0 Å². The lowest BCUT2D eigenvalue weighted by molar-refractivity contribution is 0.0576. The van der Waals surface area contributed by atoms with E-state index in [1.165, 1.54) is 32.1 Å². The number of aliphatic hydroxyl groups is 2. The monoisotopic (exact) mass is 184 g/mol. The van der Waals surface area contributed by atoms with E-state index in [4.69, 9.17) is 5.11 Å². The van der Waals surface area contributed by atoms with Gasteiger partial charge in [0.15, 0.2) is 0 Å². The summed E-state index contributed by atoms with van der Waals surface area (Å²) in [7, 11) is 0. The van der Waals surface area contributed by atoms with Crippen molar-refractivity contribution in [1.29, 1.82) is 0 Å². The van der Waals surface area contributed by atoms with E-state index in [0.29, 0.717) is 17.8 Å². The lowest BCUT2D eigenvalue weighted by atomic mass is 9.83. The largest absolute Gasteiger partial charge is 0.396 e. The Hall–Kier alpha value is -0.0800. The first-order chi connectivity index (χ1) is 6.33. The van der Waals surface area contributed by atoms with Crippen molar-refractivity contribution in [3.05, 3.63) is 0 Å². The Morgan fingerprint density at radius 2 is 1.85 bits per heavy atom. The third-order valence-corrected chi connectivity index (χ3v) is 3.78. The van der Waals surface area contributed by atoms with Gasteiger partial charge in [0.1, 0.15) is 0 Å². The molecule has 13 heavy (non-hydrogen) atoms. The fraction of sp³-hybridized carbons (Fsp3) is 1.00. The average Bonchev–Trinajstić information content (AvgIpc) is 2.97. The van der Waals surface area contributed by atoms with Gasteiger partial charge in [-0.3, -0.25) is 0 Å². The third kappa shape index (κ3) is 2.05. The van der Waals surface area contributed by atoms with Gasteiger partial charge in [-0.25, -0.2) is 0 Å². The Bertz CT molecular complexity index is 163. The van der Waals surface area contributed by atoms with E-state index in [-0.39, 0.29) is 12.7 Å². The van der Waals surface area contributed by atoms with Crippen LogP contribution in [0.5, 0.6) is 0 Å². The second kappa shape index (κ2) is 3.97. The van der Waals surface area contributed by atoms with E-state index in [9.17, 15) is 5.11 Å². The standard InChI is InChI=1S/C11H20O2/c12-7-9-6-10(9)11(13)8-4-2-1-3-5-8/h8-13H,1-7H2/t9-,10-,11+/m1/s1. The SMILES string of the molecule is OC[C@H]1C[C@H]1[C@@H](O)C1CCCCC1. The van der Waals surface area contributed by atoms with Gasteiger partial charge in [-0.05, 0) is 37.0 Å². The molecular formula is C11H20O2. The molecule has 0 spiro atoms. The summed E-state index contributed by atoms with van der Waals surface area (Å²) >= 11 is 0. The highest BCUT2D eigenvalue weighted by Crippen LogP contribution is 2.45. The predicted octanol–water partition coefficient (Wildman–Crippen LogP) is 1.56. The molecule has 0 amide bonds. The van der Waals surface area contributed by atoms with Crippen LogP contribution in [0.15, 0.2) is 0 Å². The van der Waals surface area contributed by atoms with E-state index >= 15 is 0 Å². The zero-order chi connectivity index (χ0) is 9.26. The maximum absolute atomic E-state index is 10.0. The Balaban J connectivity index is 1.79. The molecule has 2 fully saturated rings. The van der Waals surface area contributed by atoms with Gasteiger partial charge in [0, 0.05) is 6.61 Å². The Kier molecular flexibility index (Phi) is 2.89. The molecule has 0 bridgehead atoms. The van der Waals surface area contributed by atoms with Crippen molar-refractivity contribution in [3.8, 4) is 0 Å². The average molecular weight is 184 g/mol. The van der Waals surface area contributed by atoms with Crippen LogP contribution in [0.4, 0.5) is 0 Å². The minimum Gasteiger partial charge on any atom is -0.396 e. The number of aliphatic hydroxyl groups excluding tert-OH is 2. The highest BCUT2D eigenvalue weighted by Gasteiger charge is 2.44. The van der Waals surface area contributed by atoms with E-state index in [1.807, 2.05) is 0 Å². The molecule has 0 radical (unpaired) electrons. The van der Waals surface area contributed by atoms with Crippen LogP contribution in [0, 0.1) is 17.8 Å². The molecule has 0 heterocycles. The van der Waals surface area contributed by atoms with Crippen LogP contribution in [0.3, 0.4) is 0 Å². The number of hydrogen-bond donors (Lipinski definition) is 2. The molecule has 2 aliphatic carbocycles. The van der Waals surface area contributed by atoms with Crippen LogP contribution in [0.2, 0.25) is 0 Å². The fourth-order valence-corrected chi connectivity index (χ4v) is 2.72. The molecule has 0 unspecified atom stereocenters. The van der Waals surface area contributed by atoms with Crippen LogP contribution in [0.1, 0.15) is 38.5 Å². The van der Waals surface area contributed by atoms with Crippen LogP contribution in [0.25, 0.3) is 0 Å². The van der Waals surface area contributed by atoms with Gasteiger partial charge < -0.3 is 10.2 Å². The van der Waals surface area contributed by atoms with E-state index in [0.717, 1.165) is 6.42 Å². The van der Waals surface area contributed by atoms with Gasteiger partial charge in [-0.15, -0.1) is 0 Å². The normalized spacial score (nSPS) is 37.4. The number of hydrogen-bond acceptors (Lipinski definition) is 2. The highest BCUT2D eigenvalue weighted by atomic mass is 16.3. The first-order valence-electron chi connectivity index (χ1n) is 5.62. The van der Waals surface area contributed by atoms with Crippen molar-refractivity contribution in [2.45, 2.75) is 44.6 Å². The van der Waals surface area contributed by atoms with Crippen LogP contribution in [-0.4, -0.2) is 22.9 Å². The zero-order valence-corrected chi connectivity index (χ0v) is 8.15. The molecule has 2 heteroatoms. The maximum Gasteiger partial charge on any atom is 0.0600 e. The summed E-state index contributed by atoms with van der Waals surface area (Å²) in [4.78, 5) is 0. The van der Waals surface area contributed by atoms with E-state index in [2.05, 4.69) is 0 Å². The predicted molar refractivity (Wildman–Crippen MR) is 51.3 cm³/mol. The van der Waals surface area contributed by atoms with Crippen LogP contribution in [-0.2, 0) is 0 Å². The summed E-state index contributed by atoms with van der Waals surface area (Å²) < 4.78 is 0. The summed E-state index contributed by atoms with van der Waals surface area (Å²) in [5, 5.41) is 18.9. The molecule has 0 aromatic rings. The molecule has 2 aliphatic rings. The van der Waals surface area contributed by atoms with Gasteiger partial charge in [0.25, 0.3) is 0 Å². The molecule has 76 valence electrons. The molecule has 3 atom stereocenters. The first kappa shape index (κ1) is 9.47. The van der Waals surface area contributed by atoms with Crippen molar-refractivity contribution in [1.82, 2.24) is 0 Å². The lowest BCUT2D eigenvalue weighted by Gasteiger charge is -2.26. The second-order valence-electron chi connectivity index (χ2n) is 4.73. The minimum absolute atomic E-state index is 0.113. The third-order valence-electron chi connectivity index (χ3n) is 3.78. The van der Waals surface area contributed by atoms with Gasteiger partial charge in [0.05, 0.1) is 6.10 Å². The van der Waals surface area contributed by atoms with Gasteiger partial charge in [-0.2, -0.15) is 0 Å². The van der Waals surface area contributed by atoms with E-state index < -0.39 is 0 Å². The maximum atomic E-state index is 10.0. The molecule has 0 aromatic heterocycles. The summed E-state index contributed by atoms with van der Waals surface area (Å²) in [6.07, 6.45) is 7.27. The van der Waals surface area contributed by atoms with Crippen LogP contribution >= 0.6 is 0 Å². The topological polar surface area (TPSA) is 40.5 Å². The van der Waals surface area contributed by atoms with Crippen molar-refractivity contribution in [3.63, 3.8) is 0 Å². The van der Waals surface area contributed by atoms with Crippen molar-refractivity contribution in [2.75, 3.05) is 6.61 Å². The molecule has 2 rings (SSSR count). The molecular weight excluding hydrogens is 164 g/mol. The quantitative estimate of drug-likeness (QED) is 0.698. The van der Waals surface area contributed by atoms with Crippen molar-refractivity contribution < 1.29 is 10.2 Å². The van der Waals surface area contributed by atoms with E-state index in [1.54, 1.807) is 0 Å². The molecule has 0 saturated heterocycles. The molecule has 2 saturated carbocycles. The fourth-order valence-electron chi connectivity index (χ4n) is 2.72. The van der Waals surface area contributed by atoms with Gasteiger partial charge in [0.2, 0.25) is 0 Å². The first-order valence-corrected chi connectivity index (χ1v) is 5.62. The van der Waals surface area contributed by atoms with Gasteiger partial charge in [-0.1, -0.05) is 19.3 Å². The Labute approximate surface area is 80.0 Å². The summed E-state index contributed by atoms with van der Waals surface area (Å²) in [6, 6.07) is 0. The summed E-state index contributed by atoms with van der Waals surface area (Å²) in [5.41, 5.74) is 0. The second-order valence-corrected chi connectivity index (χ2v) is 4.73. The molecule has 2 nitrogen and oxygen atoms in total. The molecule has 0 aromatic carbocycles. The smallest absolute Gasteiger partial charge is 0.0600 e. The molecule has 2 N–H and O–H groups in total. The van der Waals surface area contributed by atoms with Crippen LogP contribution < -0.4 is 0 Å². The zero-order valence-electron chi connectivity index (χ0n) is 8.15. The Morgan fingerprint density at radius 1 is 1.15 bits per heavy atom. The Morgan fingerprint density at radius 3 is 2.38 bits per heavy atom. The minimum atomic E-state index is -0.113. The summed E-state index contributed by atoms with van der Waals surface area (Å²) in [6.45, 7) is 0.272. The van der Waals surface area contributed by atoms with Gasteiger partial charge >= 0.3 is 0 Å².